The van der Waals surface area contributed by atoms with Gasteiger partial charge >= 0.3 is 5.97 Å². The number of esters is 1. The fourth-order valence-corrected chi connectivity index (χ4v) is 4.70. The molecule has 2 fully saturated rings. The highest BCUT2D eigenvalue weighted by Gasteiger charge is 2.48. The summed E-state index contributed by atoms with van der Waals surface area (Å²) in [6, 6.07) is 4.03. The van der Waals surface area contributed by atoms with Gasteiger partial charge in [0, 0.05) is 23.2 Å². The third-order valence-corrected chi connectivity index (χ3v) is 6.05. The smallest absolute Gasteiger partial charge is 0.328 e. The standard InChI is InChI=1S/C21H28N2O5/c1-21(2,3)15-10-9-14(12-17(15)23(26)27)19(24)22-16-8-6-5-7-13(16)11-18(22)20(25)28-4/h9-10,12-13,16,18H,5-8,11H2,1-4H3. The molecule has 0 bridgehead atoms. The summed E-state index contributed by atoms with van der Waals surface area (Å²) in [5.74, 6) is -0.456. The van der Waals surface area contributed by atoms with Gasteiger partial charge < -0.3 is 9.64 Å². The van der Waals surface area contributed by atoms with Gasteiger partial charge in [0.25, 0.3) is 11.6 Å². The topological polar surface area (TPSA) is 89.8 Å². The maximum absolute atomic E-state index is 13.4. The van der Waals surface area contributed by atoms with Gasteiger partial charge in [-0.1, -0.05) is 39.7 Å². The fraction of sp³-hybridized carbons (Fsp3) is 0.619. The fourth-order valence-electron chi connectivity index (χ4n) is 4.70. The van der Waals surface area contributed by atoms with E-state index < -0.39 is 22.3 Å². The molecule has 2 aliphatic rings. The molecule has 1 aliphatic carbocycles. The van der Waals surface area contributed by atoms with Crippen LogP contribution in [-0.4, -0.2) is 40.9 Å². The van der Waals surface area contributed by atoms with Crippen LogP contribution in [0, 0.1) is 16.0 Å². The Labute approximate surface area is 165 Å². The minimum Gasteiger partial charge on any atom is -0.467 e. The molecule has 0 spiro atoms. The van der Waals surface area contributed by atoms with Crippen molar-refractivity contribution < 1.29 is 19.2 Å². The van der Waals surface area contributed by atoms with Crippen molar-refractivity contribution in [2.24, 2.45) is 5.92 Å². The summed E-state index contributed by atoms with van der Waals surface area (Å²) in [6.45, 7) is 5.70. The molecule has 1 aliphatic heterocycles. The summed E-state index contributed by atoms with van der Waals surface area (Å²) < 4.78 is 4.94. The Balaban J connectivity index is 2.00. The summed E-state index contributed by atoms with van der Waals surface area (Å²) in [6.07, 6.45) is 4.56. The maximum atomic E-state index is 13.4. The van der Waals surface area contributed by atoms with Gasteiger partial charge in [0.2, 0.25) is 0 Å². The number of likely N-dealkylation sites (tertiary alicyclic amines) is 1. The highest BCUT2D eigenvalue weighted by Crippen LogP contribution is 2.41. The third-order valence-electron chi connectivity index (χ3n) is 6.05. The van der Waals surface area contributed by atoms with Crippen LogP contribution >= 0.6 is 0 Å². The van der Waals surface area contributed by atoms with Crippen molar-refractivity contribution in [1.29, 1.82) is 0 Å². The number of methoxy groups -OCH3 is 1. The lowest BCUT2D eigenvalue weighted by molar-refractivity contribution is -0.386. The summed E-state index contributed by atoms with van der Waals surface area (Å²) >= 11 is 0. The van der Waals surface area contributed by atoms with E-state index in [1.165, 1.54) is 13.2 Å². The van der Waals surface area contributed by atoms with E-state index in [-0.39, 0.29) is 29.1 Å². The minimum absolute atomic E-state index is 0.00769. The average Bonchev–Trinajstić information content (AvgIpc) is 3.05. The van der Waals surface area contributed by atoms with Crippen molar-refractivity contribution in [3.8, 4) is 0 Å². The number of ether oxygens (including phenoxy) is 1. The van der Waals surface area contributed by atoms with Gasteiger partial charge in [-0.25, -0.2) is 4.79 Å². The highest BCUT2D eigenvalue weighted by molar-refractivity contribution is 5.98. The molecular formula is C21H28N2O5. The quantitative estimate of drug-likeness (QED) is 0.446. The van der Waals surface area contributed by atoms with Gasteiger partial charge in [-0.05, 0) is 36.7 Å². The largest absolute Gasteiger partial charge is 0.467 e. The number of benzene rings is 1. The van der Waals surface area contributed by atoms with Crippen LogP contribution in [0.3, 0.4) is 0 Å². The molecule has 7 nitrogen and oxygen atoms in total. The molecule has 0 radical (unpaired) electrons. The highest BCUT2D eigenvalue weighted by atomic mass is 16.6. The first-order valence-electron chi connectivity index (χ1n) is 9.84. The predicted octanol–water partition coefficient (Wildman–Crippen LogP) is 3.84. The Kier molecular flexibility index (Phi) is 5.46. The second-order valence-corrected chi connectivity index (χ2v) is 8.84. The van der Waals surface area contributed by atoms with Crippen molar-refractivity contribution in [2.45, 2.75) is 70.4 Å². The van der Waals surface area contributed by atoms with Crippen LogP contribution in [0.25, 0.3) is 0 Å². The summed E-state index contributed by atoms with van der Waals surface area (Å²) in [5.41, 5.74) is 0.350. The zero-order valence-electron chi connectivity index (χ0n) is 16.9. The van der Waals surface area contributed by atoms with Crippen LogP contribution in [0.4, 0.5) is 5.69 Å². The van der Waals surface area contributed by atoms with E-state index in [2.05, 4.69) is 0 Å². The molecular weight excluding hydrogens is 360 g/mol. The molecule has 1 aromatic carbocycles. The van der Waals surface area contributed by atoms with Crippen LogP contribution in [-0.2, 0) is 14.9 Å². The van der Waals surface area contributed by atoms with Crippen LogP contribution in [0.15, 0.2) is 18.2 Å². The Morgan fingerprint density at radius 1 is 1.21 bits per heavy atom. The monoisotopic (exact) mass is 388 g/mol. The molecule has 1 saturated heterocycles. The van der Waals surface area contributed by atoms with Gasteiger partial charge in [0.1, 0.15) is 6.04 Å². The van der Waals surface area contributed by atoms with E-state index in [0.717, 1.165) is 25.7 Å². The number of carbonyl (C=O) groups is 2. The van der Waals surface area contributed by atoms with E-state index in [9.17, 15) is 19.7 Å². The van der Waals surface area contributed by atoms with E-state index in [1.807, 2.05) is 20.8 Å². The first-order valence-corrected chi connectivity index (χ1v) is 9.84. The minimum atomic E-state index is -0.619. The Bertz CT molecular complexity index is 798. The lowest BCUT2D eigenvalue weighted by Gasteiger charge is -2.33. The lowest BCUT2D eigenvalue weighted by Crippen LogP contribution is -2.46. The van der Waals surface area contributed by atoms with Crippen molar-refractivity contribution in [1.82, 2.24) is 4.90 Å². The molecule has 1 saturated carbocycles. The van der Waals surface area contributed by atoms with Crippen LogP contribution in [0.2, 0.25) is 0 Å². The van der Waals surface area contributed by atoms with Crippen LogP contribution in [0.1, 0.15) is 68.8 Å². The number of fused-ring (bicyclic) bond motifs is 1. The molecule has 0 N–H and O–H groups in total. The van der Waals surface area contributed by atoms with Gasteiger partial charge in [0.05, 0.1) is 12.0 Å². The van der Waals surface area contributed by atoms with Gasteiger partial charge in [-0.15, -0.1) is 0 Å². The molecule has 1 aromatic rings. The second-order valence-electron chi connectivity index (χ2n) is 8.84. The summed E-state index contributed by atoms with van der Waals surface area (Å²) in [5, 5.41) is 11.6. The van der Waals surface area contributed by atoms with Crippen molar-refractivity contribution in [2.75, 3.05) is 7.11 Å². The number of amides is 1. The number of hydrogen-bond donors (Lipinski definition) is 0. The Morgan fingerprint density at radius 2 is 1.89 bits per heavy atom. The zero-order valence-corrected chi connectivity index (χ0v) is 16.9. The predicted molar refractivity (Wildman–Crippen MR) is 104 cm³/mol. The maximum Gasteiger partial charge on any atom is 0.328 e. The number of rotatable bonds is 3. The number of carbonyl (C=O) groups excluding carboxylic acids is 2. The second kappa shape index (κ2) is 7.53. The lowest BCUT2D eigenvalue weighted by atomic mass is 9.84. The SMILES string of the molecule is COC(=O)C1CC2CCCCC2N1C(=O)c1ccc(C(C)(C)C)c([N+](=O)[O-])c1. The Hall–Kier alpha value is -2.44. The molecule has 3 unspecified atom stereocenters. The van der Waals surface area contributed by atoms with Gasteiger partial charge in [-0.2, -0.15) is 0 Å². The van der Waals surface area contributed by atoms with Crippen molar-refractivity contribution in [3.63, 3.8) is 0 Å². The molecule has 3 atom stereocenters. The first kappa shape index (κ1) is 20.3. The van der Waals surface area contributed by atoms with Gasteiger partial charge in [0.15, 0.2) is 0 Å². The number of hydrogen-bond acceptors (Lipinski definition) is 5. The molecule has 0 aromatic heterocycles. The molecule has 1 amide bonds. The first-order chi connectivity index (χ1) is 13.1. The molecule has 3 rings (SSSR count). The molecule has 152 valence electrons. The van der Waals surface area contributed by atoms with E-state index in [1.54, 1.807) is 17.0 Å². The van der Waals surface area contributed by atoms with Crippen molar-refractivity contribution in [3.05, 3.63) is 39.4 Å². The van der Waals surface area contributed by atoms with E-state index in [4.69, 9.17) is 4.74 Å². The summed E-state index contributed by atoms with van der Waals surface area (Å²) in [4.78, 5) is 38.5. The van der Waals surface area contributed by atoms with Gasteiger partial charge in [-0.3, -0.25) is 14.9 Å². The number of nitro benzene ring substituents is 1. The third kappa shape index (κ3) is 3.62. The molecule has 7 heteroatoms. The van der Waals surface area contributed by atoms with Crippen molar-refractivity contribution >= 4 is 17.6 Å². The average molecular weight is 388 g/mol. The number of nitro groups is 1. The number of nitrogens with zero attached hydrogens (tertiary/aromatic N) is 2. The van der Waals surface area contributed by atoms with Crippen LogP contribution < -0.4 is 0 Å². The van der Waals surface area contributed by atoms with E-state index >= 15 is 0 Å². The van der Waals surface area contributed by atoms with E-state index in [0.29, 0.717) is 12.0 Å². The molecule has 1 heterocycles. The summed E-state index contributed by atoms with van der Waals surface area (Å²) in [7, 11) is 1.33. The normalized spacial score (nSPS) is 24.6. The zero-order chi connectivity index (χ0) is 20.6. The Morgan fingerprint density at radius 3 is 2.50 bits per heavy atom. The van der Waals surface area contributed by atoms with Crippen LogP contribution in [0.5, 0.6) is 0 Å². The molecule has 28 heavy (non-hydrogen) atoms.